The van der Waals surface area contributed by atoms with E-state index in [2.05, 4.69) is 12.3 Å². The standard InChI is InChI=1S/C15H32N2O/c1-2-3-4-5-6-7-8-9-10-12-15(18)13-11-14-17-16/h17H,2-14,16H2,1H3. The Balaban J connectivity index is 3.08. The van der Waals surface area contributed by atoms with Crippen LogP contribution in [-0.4, -0.2) is 12.3 Å². The van der Waals surface area contributed by atoms with Crippen molar-refractivity contribution in [3.05, 3.63) is 0 Å². The molecule has 0 saturated carbocycles. The van der Waals surface area contributed by atoms with Gasteiger partial charge in [-0.2, -0.15) is 0 Å². The van der Waals surface area contributed by atoms with E-state index < -0.39 is 0 Å². The van der Waals surface area contributed by atoms with Crippen LogP contribution in [0.3, 0.4) is 0 Å². The molecule has 0 aliphatic heterocycles. The molecule has 0 rings (SSSR count). The van der Waals surface area contributed by atoms with Gasteiger partial charge in [-0.25, -0.2) is 0 Å². The lowest BCUT2D eigenvalue weighted by atomic mass is 10.0. The van der Waals surface area contributed by atoms with Crippen LogP contribution >= 0.6 is 0 Å². The number of Topliss-reactive ketones (excluding diaryl/α,β-unsaturated/α-hetero) is 1. The van der Waals surface area contributed by atoms with E-state index in [1.807, 2.05) is 0 Å². The van der Waals surface area contributed by atoms with Gasteiger partial charge in [0.05, 0.1) is 0 Å². The number of hydrogen-bond acceptors (Lipinski definition) is 3. The first-order valence-corrected chi connectivity index (χ1v) is 7.76. The van der Waals surface area contributed by atoms with Gasteiger partial charge in [0.2, 0.25) is 0 Å². The lowest BCUT2D eigenvalue weighted by Gasteiger charge is -2.02. The molecule has 0 spiro atoms. The third kappa shape index (κ3) is 13.7. The fourth-order valence-electron chi connectivity index (χ4n) is 2.15. The summed E-state index contributed by atoms with van der Waals surface area (Å²) in [4.78, 5) is 11.5. The number of carbonyl (C=O) groups is 1. The zero-order chi connectivity index (χ0) is 13.5. The molecule has 0 aromatic rings. The molecule has 0 bridgehead atoms. The van der Waals surface area contributed by atoms with Gasteiger partial charge in [0.25, 0.3) is 0 Å². The van der Waals surface area contributed by atoms with Gasteiger partial charge >= 0.3 is 0 Å². The van der Waals surface area contributed by atoms with Crippen molar-refractivity contribution in [2.75, 3.05) is 6.54 Å². The second-order valence-corrected chi connectivity index (χ2v) is 5.17. The summed E-state index contributed by atoms with van der Waals surface area (Å²) in [5, 5.41) is 0. The fourth-order valence-corrected chi connectivity index (χ4v) is 2.15. The van der Waals surface area contributed by atoms with Gasteiger partial charge in [-0.05, 0) is 12.8 Å². The first-order chi connectivity index (χ1) is 8.81. The highest BCUT2D eigenvalue weighted by Crippen LogP contribution is 2.11. The largest absolute Gasteiger partial charge is 0.300 e. The highest BCUT2D eigenvalue weighted by atomic mass is 16.1. The summed E-state index contributed by atoms with van der Waals surface area (Å²) < 4.78 is 0. The van der Waals surface area contributed by atoms with Crippen molar-refractivity contribution in [2.45, 2.75) is 84.0 Å². The minimum absolute atomic E-state index is 0.396. The second kappa shape index (κ2) is 14.7. The maximum absolute atomic E-state index is 11.5. The lowest BCUT2D eigenvalue weighted by Crippen LogP contribution is -2.23. The van der Waals surface area contributed by atoms with E-state index in [-0.39, 0.29) is 0 Å². The summed E-state index contributed by atoms with van der Waals surface area (Å²) in [6.45, 7) is 2.99. The van der Waals surface area contributed by atoms with E-state index in [0.717, 1.165) is 25.8 Å². The third-order valence-corrected chi connectivity index (χ3v) is 3.34. The van der Waals surface area contributed by atoms with Crippen LogP contribution in [0.5, 0.6) is 0 Å². The number of carbonyl (C=O) groups excluding carboxylic acids is 1. The van der Waals surface area contributed by atoms with Crippen molar-refractivity contribution < 1.29 is 4.79 Å². The van der Waals surface area contributed by atoms with E-state index >= 15 is 0 Å². The lowest BCUT2D eigenvalue weighted by molar-refractivity contribution is -0.119. The van der Waals surface area contributed by atoms with E-state index in [4.69, 9.17) is 5.84 Å². The highest BCUT2D eigenvalue weighted by Gasteiger charge is 2.01. The molecule has 0 amide bonds. The number of nitrogens with one attached hydrogen (secondary N) is 1. The molecule has 3 heteroatoms. The summed E-state index contributed by atoms with van der Waals surface area (Å²) in [6.07, 6.45) is 14.1. The summed E-state index contributed by atoms with van der Waals surface area (Å²) in [5.74, 6) is 5.55. The van der Waals surface area contributed by atoms with Crippen LogP contribution in [-0.2, 0) is 4.79 Å². The summed E-state index contributed by atoms with van der Waals surface area (Å²) in [6, 6.07) is 0. The Bertz CT molecular complexity index is 183. The average Bonchev–Trinajstić information content (AvgIpc) is 2.37. The molecule has 0 atom stereocenters. The van der Waals surface area contributed by atoms with Crippen molar-refractivity contribution in [3.8, 4) is 0 Å². The summed E-state index contributed by atoms with van der Waals surface area (Å²) >= 11 is 0. The number of nitrogens with two attached hydrogens (primary N) is 1. The van der Waals surface area contributed by atoms with Gasteiger partial charge in [0, 0.05) is 19.4 Å². The second-order valence-electron chi connectivity index (χ2n) is 5.17. The average molecular weight is 256 g/mol. The zero-order valence-corrected chi connectivity index (χ0v) is 12.2. The van der Waals surface area contributed by atoms with Crippen LogP contribution in [0.15, 0.2) is 0 Å². The van der Waals surface area contributed by atoms with Crippen molar-refractivity contribution in [1.29, 1.82) is 0 Å². The van der Waals surface area contributed by atoms with Crippen LogP contribution in [0.1, 0.15) is 84.0 Å². The minimum atomic E-state index is 0.396. The number of hydrazine groups is 1. The molecule has 0 saturated heterocycles. The molecule has 0 aliphatic rings. The van der Waals surface area contributed by atoms with Crippen LogP contribution in [0, 0.1) is 0 Å². The number of hydrogen-bond donors (Lipinski definition) is 2. The summed E-state index contributed by atoms with van der Waals surface area (Å²) in [5.41, 5.74) is 2.58. The van der Waals surface area contributed by atoms with Crippen molar-refractivity contribution in [3.63, 3.8) is 0 Å². The Kier molecular flexibility index (Phi) is 14.3. The van der Waals surface area contributed by atoms with Crippen LogP contribution < -0.4 is 11.3 Å². The molecule has 0 aromatic carbocycles. The Hall–Kier alpha value is -0.410. The molecule has 3 nitrogen and oxygen atoms in total. The van der Waals surface area contributed by atoms with Crippen LogP contribution in [0.2, 0.25) is 0 Å². The molecule has 0 aliphatic carbocycles. The molecular weight excluding hydrogens is 224 g/mol. The minimum Gasteiger partial charge on any atom is -0.300 e. The Morgan fingerprint density at radius 2 is 1.33 bits per heavy atom. The maximum Gasteiger partial charge on any atom is 0.132 e. The predicted molar refractivity (Wildman–Crippen MR) is 78.3 cm³/mol. The molecular formula is C15H32N2O. The molecule has 0 unspecified atom stereocenters. The van der Waals surface area contributed by atoms with E-state index in [1.54, 1.807) is 0 Å². The first-order valence-electron chi connectivity index (χ1n) is 7.76. The van der Waals surface area contributed by atoms with Gasteiger partial charge in [0.1, 0.15) is 5.78 Å². The summed E-state index contributed by atoms with van der Waals surface area (Å²) in [7, 11) is 0. The predicted octanol–water partition coefficient (Wildman–Crippen LogP) is 3.72. The molecule has 18 heavy (non-hydrogen) atoms. The Morgan fingerprint density at radius 1 is 0.833 bits per heavy atom. The first kappa shape index (κ1) is 17.6. The Labute approximate surface area is 113 Å². The van der Waals surface area contributed by atoms with Gasteiger partial charge in [-0.1, -0.05) is 58.3 Å². The molecule has 0 radical (unpaired) electrons. The van der Waals surface area contributed by atoms with E-state index in [0.29, 0.717) is 12.2 Å². The van der Waals surface area contributed by atoms with E-state index in [9.17, 15) is 4.79 Å². The molecule has 108 valence electrons. The third-order valence-electron chi connectivity index (χ3n) is 3.34. The highest BCUT2D eigenvalue weighted by molar-refractivity contribution is 5.78. The van der Waals surface area contributed by atoms with Crippen LogP contribution in [0.4, 0.5) is 0 Å². The maximum atomic E-state index is 11.5. The number of unbranched alkanes of at least 4 members (excludes halogenated alkanes) is 8. The van der Waals surface area contributed by atoms with Gasteiger partial charge in [-0.15, -0.1) is 0 Å². The van der Waals surface area contributed by atoms with Gasteiger partial charge in [-0.3, -0.25) is 16.1 Å². The molecule has 0 aromatic heterocycles. The van der Waals surface area contributed by atoms with Crippen molar-refractivity contribution >= 4 is 5.78 Å². The van der Waals surface area contributed by atoms with Crippen molar-refractivity contribution in [1.82, 2.24) is 5.43 Å². The monoisotopic (exact) mass is 256 g/mol. The smallest absolute Gasteiger partial charge is 0.132 e. The topological polar surface area (TPSA) is 55.1 Å². The zero-order valence-electron chi connectivity index (χ0n) is 12.2. The van der Waals surface area contributed by atoms with Gasteiger partial charge < -0.3 is 0 Å². The SMILES string of the molecule is CCCCCCCCCCCC(=O)CCCNN. The van der Waals surface area contributed by atoms with Gasteiger partial charge in [0.15, 0.2) is 0 Å². The molecule has 0 fully saturated rings. The normalized spacial score (nSPS) is 10.8. The number of rotatable bonds is 14. The Morgan fingerprint density at radius 3 is 1.89 bits per heavy atom. The molecule has 0 heterocycles. The molecule has 3 N–H and O–H groups in total. The van der Waals surface area contributed by atoms with Crippen LogP contribution in [0.25, 0.3) is 0 Å². The quantitative estimate of drug-likeness (QED) is 0.283. The van der Waals surface area contributed by atoms with E-state index in [1.165, 1.54) is 51.4 Å². The fraction of sp³-hybridized carbons (Fsp3) is 0.933. The van der Waals surface area contributed by atoms with Crippen molar-refractivity contribution in [2.24, 2.45) is 5.84 Å². The number of ketones is 1.